The van der Waals surface area contributed by atoms with Crippen molar-refractivity contribution >= 4 is 5.97 Å². The molecule has 0 atom stereocenters. The summed E-state index contributed by atoms with van der Waals surface area (Å²) in [5, 5.41) is 3.54. The molecule has 0 aliphatic carbocycles. The van der Waals surface area contributed by atoms with Gasteiger partial charge in [0.25, 0.3) is 0 Å². The molecule has 0 saturated carbocycles. The molecule has 1 aromatic rings. The van der Waals surface area contributed by atoms with Crippen molar-refractivity contribution in [1.82, 2.24) is 10.1 Å². The number of nitrogens with zero attached hydrogens (tertiary/aromatic N) is 2. The molecule has 72 valence electrons. The van der Waals surface area contributed by atoms with E-state index in [0.717, 1.165) is 0 Å². The number of hydrogen-bond acceptors (Lipinski definition) is 6. The Balaban J connectivity index is 2.49. The van der Waals surface area contributed by atoms with E-state index in [0.29, 0.717) is 18.3 Å². The Bertz CT molecular complexity index is 284. The third kappa shape index (κ3) is 2.83. The number of ether oxygens (including phenoxy) is 1. The van der Waals surface area contributed by atoms with Crippen LogP contribution in [0.2, 0.25) is 0 Å². The van der Waals surface area contributed by atoms with Gasteiger partial charge in [0.2, 0.25) is 5.89 Å². The van der Waals surface area contributed by atoms with Crippen LogP contribution < -0.4 is 5.73 Å². The van der Waals surface area contributed by atoms with Crippen molar-refractivity contribution in [2.75, 3.05) is 6.61 Å². The monoisotopic (exact) mass is 185 g/mol. The fourth-order valence-electron chi connectivity index (χ4n) is 0.786. The summed E-state index contributed by atoms with van der Waals surface area (Å²) in [6.45, 7) is 2.26. The van der Waals surface area contributed by atoms with E-state index in [-0.39, 0.29) is 18.9 Å². The Hall–Kier alpha value is -1.43. The van der Waals surface area contributed by atoms with Crippen LogP contribution in [0.15, 0.2) is 4.52 Å². The summed E-state index contributed by atoms with van der Waals surface area (Å²) in [6, 6.07) is 0. The Morgan fingerprint density at radius 1 is 1.69 bits per heavy atom. The van der Waals surface area contributed by atoms with E-state index in [1.54, 1.807) is 6.92 Å². The second kappa shape index (κ2) is 4.56. The van der Waals surface area contributed by atoms with E-state index in [1.165, 1.54) is 0 Å². The van der Waals surface area contributed by atoms with Crippen LogP contribution in [0.25, 0.3) is 0 Å². The van der Waals surface area contributed by atoms with Crippen LogP contribution in [0, 0.1) is 0 Å². The molecule has 2 N–H and O–H groups in total. The molecule has 0 fully saturated rings. The second-order valence-electron chi connectivity index (χ2n) is 2.29. The second-order valence-corrected chi connectivity index (χ2v) is 2.29. The molecule has 0 aliphatic rings. The minimum Gasteiger partial charge on any atom is -0.466 e. The summed E-state index contributed by atoms with van der Waals surface area (Å²) in [4.78, 5) is 14.8. The number of hydrogen-bond donors (Lipinski definition) is 1. The van der Waals surface area contributed by atoms with Crippen LogP contribution in [0.1, 0.15) is 18.6 Å². The number of carbonyl (C=O) groups is 1. The number of esters is 1. The van der Waals surface area contributed by atoms with Crippen molar-refractivity contribution in [3.05, 3.63) is 11.7 Å². The minimum absolute atomic E-state index is 0.0251. The van der Waals surface area contributed by atoms with Crippen molar-refractivity contribution in [3.8, 4) is 0 Å². The molecule has 1 rings (SSSR count). The highest BCUT2D eigenvalue weighted by atomic mass is 16.5. The van der Waals surface area contributed by atoms with Gasteiger partial charge < -0.3 is 15.0 Å². The first-order valence-corrected chi connectivity index (χ1v) is 3.93. The molecule has 1 heterocycles. The molecule has 0 aliphatic heterocycles. The average Bonchev–Trinajstić information content (AvgIpc) is 2.52. The zero-order chi connectivity index (χ0) is 9.68. The Morgan fingerprint density at radius 3 is 3.00 bits per heavy atom. The third-order valence-electron chi connectivity index (χ3n) is 1.29. The van der Waals surface area contributed by atoms with Crippen LogP contribution in [-0.4, -0.2) is 22.7 Å². The Labute approximate surface area is 75.1 Å². The van der Waals surface area contributed by atoms with Gasteiger partial charge in [0, 0.05) is 0 Å². The van der Waals surface area contributed by atoms with E-state index in [9.17, 15) is 4.79 Å². The lowest BCUT2D eigenvalue weighted by Crippen LogP contribution is -2.08. The van der Waals surface area contributed by atoms with Gasteiger partial charge in [0.05, 0.1) is 13.2 Å². The lowest BCUT2D eigenvalue weighted by Gasteiger charge is -1.96. The van der Waals surface area contributed by atoms with E-state index in [2.05, 4.69) is 10.1 Å². The topological polar surface area (TPSA) is 91.2 Å². The van der Waals surface area contributed by atoms with Crippen LogP contribution >= 0.6 is 0 Å². The van der Waals surface area contributed by atoms with Crippen molar-refractivity contribution in [2.24, 2.45) is 5.73 Å². The molecule has 0 unspecified atom stereocenters. The van der Waals surface area contributed by atoms with Crippen LogP contribution in [0.5, 0.6) is 0 Å². The molecule has 0 spiro atoms. The third-order valence-corrected chi connectivity index (χ3v) is 1.29. The van der Waals surface area contributed by atoms with Crippen molar-refractivity contribution < 1.29 is 14.1 Å². The molecule has 6 heteroatoms. The quantitative estimate of drug-likeness (QED) is 0.644. The van der Waals surface area contributed by atoms with Gasteiger partial charge in [-0.2, -0.15) is 4.98 Å². The SMILES string of the molecule is CCOC(=O)Cc1noc(CN)n1. The van der Waals surface area contributed by atoms with Crippen LogP contribution in [-0.2, 0) is 22.5 Å². The first kappa shape index (κ1) is 9.66. The maximum atomic E-state index is 10.9. The molecule has 6 nitrogen and oxygen atoms in total. The fraction of sp³-hybridized carbons (Fsp3) is 0.571. The predicted molar refractivity (Wildman–Crippen MR) is 42.5 cm³/mol. The Morgan fingerprint density at radius 2 is 2.46 bits per heavy atom. The first-order chi connectivity index (χ1) is 6.26. The van der Waals surface area contributed by atoms with Gasteiger partial charge in [-0.05, 0) is 6.92 Å². The molecule has 0 aromatic carbocycles. The average molecular weight is 185 g/mol. The summed E-state index contributed by atoms with van der Waals surface area (Å²) in [5.41, 5.74) is 5.24. The summed E-state index contributed by atoms with van der Waals surface area (Å²) in [5.74, 6) is 0.255. The normalized spacial score (nSPS) is 10.0. The molecular formula is C7H11N3O3. The number of nitrogens with two attached hydrogens (primary N) is 1. The number of carbonyl (C=O) groups excluding carboxylic acids is 1. The van der Waals surface area contributed by atoms with Crippen LogP contribution in [0.3, 0.4) is 0 Å². The molecular weight excluding hydrogens is 174 g/mol. The summed E-state index contributed by atoms with van der Waals surface area (Å²) >= 11 is 0. The number of aromatic nitrogens is 2. The molecule has 0 radical (unpaired) electrons. The minimum atomic E-state index is -0.369. The fourth-order valence-corrected chi connectivity index (χ4v) is 0.786. The van der Waals surface area contributed by atoms with Gasteiger partial charge in [0.1, 0.15) is 6.42 Å². The maximum Gasteiger partial charge on any atom is 0.313 e. The van der Waals surface area contributed by atoms with Gasteiger partial charge in [0.15, 0.2) is 5.82 Å². The van der Waals surface area contributed by atoms with Crippen molar-refractivity contribution in [2.45, 2.75) is 19.9 Å². The lowest BCUT2D eigenvalue weighted by molar-refractivity contribution is -0.142. The summed E-state index contributed by atoms with van der Waals surface area (Å²) in [6.07, 6.45) is 0.0251. The van der Waals surface area contributed by atoms with Gasteiger partial charge in [-0.15, -0.1) is 0 Å². The molecule has 0 bridgehead atoms. The van der Waals surface area contributed by atoms with E-state index in [4.69, 9.17) is 15.0 Å². The van der Waals surface area contributed by atoms with Crippen molar-refractivity contribution in [1.29, 1.82) is 0 Å². The molecule has 1 aromatic heterocycles. The van der Waals surface area contributed by atoms with E-state index >= 15 is 0 Å². The smallest absolute Gasteiger partial charge is 0.313 e. The zero-order valence-corrected chi connectivity index (χ0v) is 7.32. The highest BCUT2D eigenvalue weighted by Crippen LogP contribution is 1.97. The standard InChI is InChI=1S/C7H11N3O3/c1-2-12-7(11)3-5-9-6(4-8)13-10-5/h2-4,8H2,1H3. The number of rotatable bonds is 4. The predicted octanol–water partition coefficient (Wildman–Crippen LogP) is -0.366. The molecule has 0 saturated heterocycles. The maximum absolute atomic E-state index is 10.9. The first-order valence-electron chi connectivity index (χ1n) is 3.93. The van der Waals surface area contributed by atoms with Gasteiger partial charge in [-0.1, -0.05) is 5.16 Å². The zero-order valence-electron chi connectivity index (χ0n) is 7.32. The van der Waals surface area contributed by atoms with E-state index in [1.807, 2.05) is 0 Å². The largest absolute Gasteiger partial charge is 0.466 e. The lowest BCUT2D eigenvalue weighted by atomic mass is 10.4. The van der Waals surface area contributed by atoms with Gasteiger partial charge in [-0.25, -0.2) is 0 Å². The summed E-state index contributed by atoms with van der Waals surface area (Å²) in [7, 11) is 0. The van der Waals surface area contributed by atoms with Crippen LogP contribution in [0.4, 0.5) is 0 Å². The highest BCUT2D eigenvalue weighted by Gasteiger charge is 2.10. The molecule has 0 amide bonds. The van der Waals surface area contributed by atoms with E-state index < -0.39 is 0 Å². The van der Waals surface area contributed by atoms with Crippen molar-refractivity contribution in [3.63, 3.8) is 0 Å². The highest BCUT2D eigenvalue weighted by molar-refractivity contribution is 5.71. The van der Waals surface area contributed by atoms with Gasteiger partial charge in [-0.3, -0.25) is 4.79 Å². The molecule has 13 heavy (non-hydrogen) atoms. The Kier molecular flexibility index (Phi) is 3.39. The van der Waals surface area contributed by atoms with Gasteiger partial charge >= 0.3 is 5.97 Å². The summed E-state index contributed by atoms with van der Waals surface area (Å²) < 4.78 is 9.40.